The number of carbonyl (C=O) groups excluding carboxylic acids is 1. The lowest BCUT2D eigenvalue weighted by atomic mass is 9.74. The third-order valence-electron chi connectivity index (χ3n) is 6.83. The highest BCUT2D eigenvalue weighted by molar-refractivity contribution is 5.83. The van der Waals surface area contributed by atoms with Gasteiger partial charge >= 0.3 is 0 Å². The maximum Gasteiger partial charge on any atom is 0.251 e. The summed E-state index contributed by atoms with van der Waals surface area (Å²) < 4.78 is 7.71. The fourth-order valence-electron chi connectivity index (χ4n) is 5.44. The van der Waals surface area contributed by atoms with E-state index in [9.17, 15) is 10.1 Å². The first-order chi connectivity index (χ1) is 14.6. The second-order valence-corrected chi connectivity index (χ2v) is 8.83. The van der Waals surface area contributed by atoms with Crippen LogP contribution < -0.4 is 15.5 Å². The second-order valence-electron chi connectivity index (χ2n) is 8.83. The number of nitrogens with zero attached hydrogens (tertiary/aromatic N) is 4. The first kappa shape index (κ1) is 19.3. The van der Waals surface area contributed by atoms with Gasteiger partial charge in [0.15, 0.2) is 6.10 Å². The van der Waals surface area contributed by atoms with Crippen LogP contribution >= 0.6 is 0 Å². The van der Waals surface area contributed by atoms with E-state index >= 15 is 0 Å². The Morgan fingerprint density at radius 2 is 2.07 bits per heavy atom. The Kier molecular flexibility index (Phi) is 5.09. The van der Waals surface area contributed by atoms with Crippen LogP contribution in [0.3, 0.4) is 0 Å². The predicted octanol–water partition coefficient (Wildman–Crippen LogP) is 1.30. The Labute approximate surface area is 176 Å². The number of hydrogen-bond donors (Lipinski definition) is 2. The van der Waals surface area contributed by atoms with Crippen LogP contribution in [0.1, 0.15) is 31.9 Å². The van der Waals surface area contributed by atoms with Gasteiger partial charge in [-0.05, 0) is 62.9 Å². The molecule has 158 valence electrons. The number of piperidine rings is 1. The fraction of sp³-hybridized carbons (Fsp3) is 0.591. The Morgan fingerprint density at radius 1 is 1.27 bits per heavy atom. The molecular weight excluding hydrogens is 380 g/mol. The van der Waals surface area contributed by atoms with E-state index < -0.39 is 6.10 Å². The SMILES string of the molecule is C[C@@H]1CN(c2ccc(C#N)n3nccc23)C[C@H](C(=O)NC2C3CCCC2CNC3)O1. The monoisotopic (exact) mass is 408 g/mol. The molecule has 8 heteroatoms. The van der Waals surface area contributed by atoms with Gasteiger partial charge in [-0.3, -0.25) is 4.79 Å². The number of aromatic nitrogens is 2. The third-order valence-corrected chi connectivity index (χ3v) is 6.83. The van der Waals surface area contributed by atoms with Gasteiger partial charge in [0.05, 0.1) is 30.0 Å². The summed E-state index contributed by atoms with van der Waals surface area (Å²) in [5.41, 5.74) is 2.33. The highest BCUT2D eigenvalue weighted by atomic mass is 16.5. The topological polar surface area (TPSA) is 94.7 Å². The Balaban J connectivity index is 1.35. The number of nitrogens with one attached hydrogen (secondary N) is 2. The van der Waals surface area contributed by atoms with Crippen molar-refractivity contribution in [3.63, 3.8) is 0 Å². The minimum absolute atomic E-state index is 0.00600. The summed E-state index contributed by atoms with van der Waals surface area (Å²) in [4.78, 5) is 15.4. The standard InChI is InChI=1S/C22H28N6O2/c1-14-12-27(18-6-5-17(9-23)28-19(18)7-8-25-28)13-20(30-14)22(29)26-21-15-3-2-4-16(21)11-24-10-15/h5-8,14-16,20-21,24H,2-4,10-13H2,1H3,(H,26,29)/t14-,15?,16?,20-,21?/m1/s1. The maximum absolute atomic E-state index is 13.2. The van der Waals surface area contributed by atoms with Crippen LogP contribution in [0.15, 0.2) is 24.4 Å². The van der Waals surface area contributed by atoms with Gasteiger partial charge in [-0.1, -0.05) is 6.42 Å². The number of fused-ring (bicyclic) bond motifs is 3. The molecule has 1 saturated carbocycles. The summed E-state index contributed by atoms with van der Waals surface area (Å²) in [6.07, 6.45) is 4.72. The molecule has 4 atom stereocenters. The van der Waals surface area contributed by atoms with Crippen LogP contribution in [0.2, 0.25) is 0 Å². The van der Waals surface area contributed by atoms with E-state index in [-0.39, 0.29) is 18.1 Å². The van der Waals surface area contributed by atoms with Crippen molar-refractivity contribution in [3.05, 3.63) is 30.1 Å². The molecule has 3 fully saturated rings. The van der Waals surface area contributed by atoms with Gasteiger partial charge in [-0.15, -0.1) is 0 Å². The molecule has 1 amide bonds. The van der Waals surface area contributed by atoms with Crippen LogP contribution in [0, 0.1) is 23.2 Å². The van der Waals surface area contributed by atoms with Gasteiger partial charge in [-0.25, -0.2) is 4.52 Å². The number of carbonyl (C=O) groups is 1. The fourth-order valence-corrected chi connectivity index (χ4v) is 5.44. The number of hydrogen-bond acceptors (Lipinski definition) is 6. The number of rotatable bonds is 3. The molecular formula is C22H28N6O2. The molecule has 1 aliphatic carbocycles. The van der Waals surface area contributed by atoms with E-state index in [1.807, 2.05) is 19.1 Å². The van der Waals surface area contributed by atoms with Crippen LogP contribution in [-0.2, 0) is 9.53 Å². The van der Waals surface area contributed by atoms with Crippen molar-refractivity contribution >= 4 is 17.1 Å². The minimum Gasteiger partial charge on any atom is -0.364 e. The van der Waals surface area contributed by atoms with E-state index in [0.29, 0.717) is 30.6 Å². The molecule has 2 saturated heterocycles. The summed E-state index contributed by atoms with van der Waals surface area (Å²) >= 11 is 0. The van der Waals surface area contributed by atoms with E-state index in [4.69, 9.17) is 4.74 Å². The zero-order valence-electron chi connectivity index (χ0n) is 17.3. The molecule has 8 nitrogen and oxygen atoms in total. The molecule has 5 rings (SSSR count). The van der Waals surface area contributed by atoms with E-state index in [1.165, 1.54) is 19.3 Å². The van der Waals surface area contributed by atoms with Crippen LogP contribution in [-0.4, -0.2) is 60.0 Å². The third kappa shape index (κ3) is 3.42. The van der Waals surface area contributed by atoms with Crippen molar-refractivity contribution < 1.29 is 9.53 Å². The molecule has 2 unspecified atom stereocenters. The minimum atomic E-state index is -0.511. The number of amides is 1. The summed E-state index contributed by atoms with van der Waals surface area (Å²) in [6, 6.07) is 8.05. The van der Waals surface area contributed by atoms with Gasteiger partial charge in [0.2, 0.25) is 0 Å². The Bertz CT molecular complexity index is 960. The first-order valence-electron chi connectivity index (χ1n) is 10.9. The summed E-state index contributed by atoms with van der Waals surface area (Å²) in [7, 11) is 0. The molecule has 2 aromatic rings. The highest BCUT2D eigenvalue weighted by Crippen LogP contribution is 2.32. The molecule has 2 aromatic heterocycles. The number of nitriles is 1. The molecule has 0 spiro atoms. The Morgan fingerprint density at radius 3 is 2.83 bits per heavy atom. The number of anilines is 1. The van der Waals surface area contributed by atoms with Gasteiger partial charge in [0.25, 0.3) is 5.91 Å². The van der Waals surface area contributed by atoms with Crippen LogP contribution in [0.5, 0.6) is 0 Å². The van der Waals surface area contributed by atoms with Crippen molar-refractivity contribution in [2.75, 3.05) is 31.1 Å². The number of pyridine rings is 1. The van der Waals surface area contributed by atoms with Gasteiger partial charge in [-0.2, -0.15) is 10.4 Å². The normalized spacial score (nSPS) is 31.3. The van der Waals surface area contributed by atoms with Gasteiger partial charge < -0.3 is 20.3 Å². The van der Waals surface area contributed by atoms with Crippen molar-refractivity contribution in [1.29, 1.82) is 5.26 Å². The molecule has 2 N–H and O–H groups in total. The lowest BCUT2D eigenvalue weighted by Gasteiger charge is -2.44. The molecule has 30 heavy (non-hydrogen) atoms. The smallest absolute Gasteiger partial charge is 0.251 e. The molecule has 0 radical (unpaired) electrons. The summed E-state index contributed by atoms with van der Waals surface area (Å²) in [5, 5.41) is 20.5. The van der Waals surface area contributed by atoms with Gasteiger partial charge in [0.1, 0.15) is 11.8 Å². The second kappa shape index (κ2) is 7.89. The molecule has 0 aromatic carbocycles. The van der Waals surface area contributed by atoms with Crippen LogP contribution in [0.25, 0.3) is 5.52 Å². The quantitative estimate of drug-likeness (QED) is 0.795. The molecule has 2 bridgehead atoms. The number of ether oxygens (including phenoxy) is 1. The van der Waals surface area contributed by atoms with Crippen molar-refractivity contribution in [2.45, 2.75) is 44.4 Å². The molecule has 4 heterocycles. The van der Waals surface area contributed by atoms with Crippen molar-refractivity contribution in [1.82, 2.24) is 20.2 Å². The average Bonchev–Trinajstić information content (AvgIpc) is 3.22. The Hall–Kier alpha value is -2.63. The van der Waals surface area contributed by atoms with E-state index in [0.717, 1.165) is 24.3 Å². The predicted molar refractivity (Wildman–Crippen MR) is 112 cm³/mol. The van der Waals surface area contributed by atoms with E-state index in [2.05, 4.69) is 26.7 Å². The highest BCUT2D eigenvalue weighted by Gasteiger charge is 2.39. The average molecular weight is 409 g/mol. The maximum atomic E-state index is 13.2. The number of morpholine rings is 1. The molecule has 2 aliphatic heterocycles. The lowest BCUT2D eigenvalue weighted by Crippen LogP contribution is -2.60. The van der Waals surface area contributed by atoms with Crippen molar-refractivity contribution in [3.8, 4) is 6.07 Å². The zero-order chi connectivity index (χ0) is 20.7. The first-order valence-corrected chi connectivity index (χ1v) is 10.9. The lowest BCUT2D eigenvalue weighted by molar-refractivity contribution is -0.139. The van der Waals surface area contributed by atoms with E-state index in [1.54, 1.807) is 16.8 Å². The molecule has 3 aliphatic rings. The largest absolute Gasteiger partial charge is 0.364 e. The summed E-state index contributed by atoms with van der Waals surface area (Å²) in [6.45, 7) is 5.15. The zero-order valence-corrected chi connectivity index (χ0v) is 17.3. The summed E-state index contributed by atoms with van der Waals surface area (Å²) in [5.74, 6) is 1.03. The van der Waals surface area contributed by atoms with Gasteiger partial charge in [0, 0.05) is 12.6 Å². The van der Waals surface area contributed by atoms with Crippen LogP contribution in [0.4, 0.5) is 5.69 Å². The van der Waals surface area contributed by atoms with Crippen molar-refractivity contribution in [2.24, 2.45) is 11.8 Å².